The number of nitrogens with zero attached hydrogens (tertiary/aromatic N) is 1. The van der Waals surface area contributed by atoms with Crippen molar-refractivity contribution in [1.82, 2.24) is 15.8 Å². The van der Waals surface area contributed by atoms with Gasteiger partial charge in [-0.2, -0.15) is 0 Å². The summed E-state index contributed by atoms with van der Waals surface area (Å²) in [7, 11) is 0. The minimum atomic E-state index is -0.457. The molecule has 19 heavy (non-hydrogen) atoms. The van der Waals surface area contributed by atoms with Gasteiger partial charge < -0.3 is 16.8 Å². The molecule has 0 bridgehead atoms. The van der Waals surface area contributed by atoms with Crippen LogP contribution in [0, 0.1) is 10.8 Å². The smallest absolute Gasteiger partial charge is 0.219 e. The van der Waals surface area contributed by atoms with E-state index in [9.17, 15) is 4.79 Å². The number of hydrogen-bond donors (Lipinski definition) is 6. The quantitative estimate of drug-likeness (QED) is 0.140. The molecule has 0 aliphatic carbocycles. The molecule has 0 aromatic rings. The Morgan fingerprint density at radius 2 is 1.89 bits per heavy atom. The van der Waals surface area contributed by atoms with Crippen molar-refractivity contribution >= 4 is 18.2 Å². The highest BCUT2D eigenvalue weighted by Gasteiger charge is 2.21. The van der Waals surface area contributed by atoms with E-state index >= 15 is 0 Å². The van der Waals surface area contributed by atoms with E-state index in [0.717, 1.165) is 12.8 Å². The SMILES string of the molecule is CC(C)N(NC(=N)N)[C@H]([C]=O)CCCCNC(=N)N. The first-order valence-corrected chi connectivity index (χ1v) is 6.23. The summed E-state index contributed by atoms with van der Waals surface area (Å²) < 4.78 is 0. The van der Waals surface area contributed by atoms with Crippen LogP contribution in [0.3, 0.4) is 0 Å². The summed E-state index contributed by atoms with van der Waals surface area (Å²) >= 11 is 0. The van der Waals surface area contributed by atoms with Gasteiger partial charge in [0.25, 0.3) is 0 Å². The Kier molecular flexibility index (Phi) is 8.27. The van der Waals surface area contributed by atoms with Crippen LogP contribution in [-0.2, 0) is 4.79 Å². The Labute approximate surface area is 113 Å². The van der Waals surface area contributed by atoms with Crippen molar-refractivity contribution in [3.8, 4) is 0 Å². The van der Waals surface area contributed by atoms with Gasteiger partial charge in [0, 0.05) is 12.6 Å². The summed E-state index contributed by atoms with van der Waals surface area (Å²) in [4.78, 5) is 11.0. The van der Waals surface area contributed by atoms with Crippen LogP contribution in [-0.4, -0.2) is 41.8 Å². The Morgan fingerprint density at radius 3 is 2.32 bits per heavy atom. The molecule has 0 saturated heterocycles. The zero-order valence-corrected chi connectivity index (χ0v) is 11.5. The second-order valence-corrected chi connectivity index (χ2v) is 4.50. The van der Waals surface area contributed by atoms with Crippen LogP contribution in [0.2, 0.25) is 0 Å². The fraction of sp³-hybridized carbons (Fsp3) is 0.727. The van der Waals surface area contributed by atoms with Gasteiger partial charge in [0.2, 0.25) is 12.2 Å². The van der Waals surface area contributed by atoms with E-state index in [1.165, 1.54) is 0 Å². The third kappa shape index (κ3) is 7.98. The molecule has 0 unspecified atom stereocenters. The summed E-state index contributed by atoms with van der Waals surface area (Å²) in [5, 5.41) is 18.5. The highest BCUT2D eigenvalue weighted by atomic mass is 16.1. The molecule has 0 fully saturated rings. The summed E-state index contributed by atoms with van der Waals surface area (Å²) in [5.74, 6) is -0.257. The van der Waals surface area contributed by atoms with Gasteiger partial charge in [-0.1, -0.05) is 0 Å². The molecule has 109 valence electrons. The van der Waals surface area contributed by atoms with Crippen LogP contribution in [0.1, 0.15) is 33.1 Å². The maximum Gasteiger partial charge on any atom is 0.219 e. The van der Waals surface area contributed by atoms with Crippen LogP contribution in [0.25, 0.3) is 0 Å². The predicted molar refractivity (Wildman–Crippen MR) is 75.3 cm³/mol. The molecule has 0 rings (SSSR count). The van der Waals surface area contributed by atoms with Crippen LogP contribution in [0.15, 0.2) is 0 Å². The number of nitrogens with two attached hydrogens (primary N) is 2. The molecule has 0 aromatic carbocycles. The van der Waals surface area contributed by atoms with Crippen LogP contribution >= 0.6 is 0 Å². The molecular formula is C11H24N7O. The van der Waals surface area contributed by atoms with E-state index in [4.69, 9.17) is 22.3 Å². The van der Waals surface area contributed by atoms with Gasteiger partial charge in [-0.25, -0.2) is 5.01 Å². The van der Waals surface area contributed by atoms with E-state index in [2.05, 4.69) is 10.7 Å². The monoisotopic (exact) mass is 270 g/mol. The Bertz CT molecular complexity index is 305. The number of rotatable bonds is 9. The minimum absolute atomic E-state index is 0.0192. The minimum Gasteiger partial charge on any atom is -0.370 e. The first-order valence-electron chi connectivity index (χ1n) is 6.23. The molecule has 0 aliphatic heterocycles. The standard InChI is InChI=1S/C11H24N7O/c1-8(2)18(17-11(14)15)9(7-19)5-3-4-6-16-10(12)13/h8-9H,3-6H2,1-2H3,(H4,12,13,16)(H4,14,15,17)/t9-/m0/s1. The third-order valence-electron chi connectivity index (χ3n) is 2.50. The van der Waals surface area contributed by atoms with Crippen molar-refractivity contribution in [3.63, 3.8) is 0 Å². The van der Waals surface area contributed by atoms with Crippen LogP contribution < -0.4 is 22.2 Å². The highest BCUT2D eigenvalue weighted by molar-refractivity contribution is 5.74. The van der Waals surface area contributed by atoms with Gasteiger partial charge in [-0.3, -0.25) is 21.0 Å². The van der Waals surface area contributed by atoms with E-state index in [1.807, 2.05) is 20.1 Å². The molecule has 8 nitrogen and oxygen atoms in total. The lowest BCUT2D eigenvalue weighted by Gasteiger charge is -2.31. The Balaban J connectivity index is 4.17. The maximum absolute atomic E-state index is 11.0. The number of hydrogen-bond acceptors (Lipinski definition) is 4. The molecule has 0 aliphatic rings. The molecule has 0 heterocycles. The van der Waals surface area contributed by atoms with Crippen LogP contribution in [0.4, 0.5) is 0 Å². The average Bonchev–Trinajstić information content (AvgIpc) is 2.30. The number of unbranched alkanes of at least 4 members (excludes halogenated alkanes) is 1. The molecule has 1 atom stereocenters. The first kappa shape index (κ1) is 17.2. The van der Waals surface area contributed by atoms with E-state index < -0.39 is 6.04 Å². The maximum atomic E-state index is 11.0. The molecule has 8 heteroatoms. The van der Waals surface area contributed by atoms with Gasteiger partial charge in [0.05, 0.1) is 6.04 Å². The number of nitrogens with one attached hydrogen (secondary N) is 4. The Hall–Kier alpha value is -1.83. The van der Waals surface area contributed by atoms with E-state index in [1.54, 1.807) is 5.01 Å². The van der Waals surface area contributed by atoms with Gasteiger partial charge in [0.15, 0.2) is 5.96 Å². The topological polar surface area (TPSA) is 144 Å². The lowest BCUT2D eigenvalue weighted by molar-refractivity contribution is 0.144. The van der Waals surface area contributed by atoms with Gasteiger partial charge in [0.1, 0.15) is 0 Å². The lowest BCUT2D eigenvalue weighted by Crippen LogP contribution is -2.54. The van der Waals surface area contributed by atoms with Crippen molar-refractivity contribution in [2.75, 3.05) is 6.54 Å². The van der Waals surface area contributed by atoms with Crippen molar-refractivity contribution < 1.29 is 4.79 Å². The molecular weight excluding hydrogens is 246 g/mol. The normalized spacial score (nSPS) is 12.2. The fourth-order valence-electron chi connectivity index (χ4n) is 1.65. The number of carbonyl (C=O) groups excluding carboxylic acids is 1. The second kappa shape index (κ2) is 9.15. The van der Waals surface area contributed by atoms with Crippen molar-refractivity contribution in [2.24, 2.45) is 11.5 Å². The molecule has 0 saturated carbocycles. The molecule has 8 N–H and O–H groups in total. The summed E-state index contributed by atoms with van der Waals surface area (Å²) in [6, 6.07) is -0.438. The van der Waals surface area contributed by atoms with Crippen molar-refractivity contribution in [3.05, 3.63) is 0 Å². The average molecular weight is 270 g/mol. The third-order valence-corrected chi connectivity index (χ3v) is 2.50. The molecule has 1 radical (unpaired) electrons. The summed E-state index contributed by atoms with van der Waals surface area (Å²) in [6.07, 6.45) is 4.14. The van der Waals surface area contributed by atoms with Gasteiger partial charge >= 0.3 is 0 Å². The largest absolute Gasteiger partial charge is 0.370 e. The highest BCUT2D eigenvalue weighted by Crippen LogP contribution is 2.08. The number of guanidine groups is 2. The van der Waals surface area contributed by atoms with E-state index in [0.29, 0.717) is 13.0 Å². The molecule has 0 spiro atoms. The molecule has 0 aromatic heterocycles. The van der Waals surface area contributed by atoms with Crippen molar-refractivity contribution in [2.45, 2.75) is 45.2 Å². The predicted octanol–water partition coefficient (Wildman–Crippen LogP) is -0.773. The van der Waals surface area contributed by atoms with Gasteiger partial charge in [-0.15, -0.1) is 0 Å². The zero-order valence-electron chi connectivity index (χ0n) is 11.5. The second-order valence-electron chi connectivity index (χ2n) is 4.50. The van der Waals surface area contributed by atoms with Crippen molar-refractivity contribution in [1.29, 1.82) is 10.8 Å². The first-order chi connectivity index (χ1) is 8.88. The summed E-state index contributed by atoms with van der Waals surface area (Å²) in [5.41, 5.74) is 13.1. The lowest BCUT2D eigenvalue weighted by atomic mass is 10.1. The number of hydrazine groups is 1. The van der Waals surface area contributed by atoms with Gasteiger partial charge in [-0.05, 0) is 33.1 Å². The van der Waals surface area contributed by atoms with Crippen LogP contribution in [0.5, 0.6) is 0 Å². The molecule has 0 amide bonds. The zero-order chi connectivity index (χ0) is 14.8. The Morgan fingerprint density at radius 1 is 1.26 bits per heavy atom. The van der Waals surface area contributed by atoms with E-state index in [-0.39, 0.29) is 18.0 Å². The summed E-state index contributed by atoms with van der Waals surface area (Å²) in [6.45, 7) is 4.40. The fourth-order valence-corrected chi connectivity index (χ4v) is 1.65.